The van der Waals surface area contributed by atoms with Gasteiger partial charge >= 0.3 is 6.01 Å². The third-order valence-corrected chi connectivity index (χ3v) is 4.97. The van der Waals surface area contributed by atoms with Crippen LogP contribution in [0.1, 0.15) is 0 Å². The highest BCUT2D eigenvalue weighted by molar-refractivity contribution is 6.37. The van der Waals surface area contributed by atoms with Crippen LogP contribution in [0.2, 0.25) is 20.1 Å². The summed E-state index contributed by atoms with van der Waals surface area (Å²) in [6.07, 6.45) is 0. The Balaban J connectivity index is 1.82. The number of rotatable bonds is 4. The van der Waals surface area contributed by atoms with Gasteiger partial charge in [0.25, 0.3) is 0 Å². The molecule has 1 heterocycles. The van der Waals surface area contributed by atoms with Crippen molar-refractivity contribution in [3.63, 3.8) is 0 Å². The van der Waals surface area contributed by atoms with E-state index in [1.165, 1.54) is 0 Å². The predicted molar refractivity (Wildman–Crippen MR) is 113 cm³/mol. The molecule has 1 aromatic heterocycles. The van der Waals surface area contributed by atoms with E-state index in [9.17, 15) is 0 Å². The number of halogens is 4. The van der Waals surface area contributed by atoms with E-state index in [0.29, 0.717) is 31.0 Å². The van der Waals surface area contributed by atoms with Crippen LogP contribution in [-0.2, 0) is 0 Å². The molecule has 0 saturated heterocycles. The molecule has 0 unspecified atom stereocenters. The van der Waals surface area contributed by atoms with E-state index in [2.05, 4.69) is 9.97 Å². The van der Waals surface area contributed by atoms with Crippen LogP contribution in [0.15, 0.2) is 60.7 Å². The zero-order valence-corrected chi connectivity index (χ0v) is 17.0. The highest BCUT2D eigenvalue weighted by atomic mass is 35.5. The molecule has 0 saturated carbocycles. The fourth-order valence-corrected chi connectivity index (χ4v) is 3.45. The fourth-order valence-electron chi connectivity index (χ4n) is 2.50. The lowest BCUT2D eigenvalue weighted by molar-refractivity contribution is 0.417. The van der Waals surface area contributed by atoms with E-state index in [1.807, 2.05) is 18.2 Å². The van der Waals surface area contributed by atoms with E-state index in [1.54, 1.807) is 42.5 Å². The summed E-state index contributed by atoms with van der Waals surface area (Å²) in [5, 5.41) is 2.04. The second kappa shape index (κ2) is 8.02. The van der Waals surface area contributed by atoms with Gasteiger partial charge < -0.3 is 9.47 Å². The second-order valence-electron chi connectivity index (χ2n) is 5.63. The Kier molecular flexibility index (Phi) is 5.47. The van der Waals surface area contributed by atoms with Gasteiger partial charge in [-0.15, -0.1) is 0 Å². The third kappa shape index (κ3) is 3.82. The molecule has 4 rings (SSSR count). The first-order valence-electron chi connectivity index (χ1n) is 8.03. The normalized spacial score (nSPS) is 10.9. The van der Waals surface area contributed by atoms with E-state index < -0.39 is 0 Å². The van der Waals surface area contributed by atoms with Crippen LogP contribution in [0.4, 0.5) is 0 Å². The summed E-state index contributed by atoms with van der Waals surface area (Å²) in [7, 11) is 0. The van der Waals surface area contributed by atoms with Crippen molar-refractivity contribution in [2.45, 2.75) is 0 Å². The van der Waals surface area contributed by atoms with Gasteiger partial charge in [-0.3, -0.25) is 0 Å². The van der Waals surface area contributed by atoms with E-state index in [-0.39, 0.29) is 23.4 Å². The first-order chi connectivity index (χ1) is 13.5. The quantitative estimate of drug-likeness (QED) is 0.317. The van der Waals surface area contributed by atoms with Gasteiger partial charge in [0.2, 0.25) is 5.88 Å². The summed E-state index contributed by atoms with van der Waals surface area (Å²) in [6.45, 7) is 0. The molecule has 4 aromatic rings. The molecule has 0 spiro atoms. The topological polar surface area (TPSA) is 44.2 Å². The minimum Gasteiger partial charge on any atom is -0.435 e. The number of hydrogen-bond donors (Lipinski definition) is 0. The minimum absolute atomic E-state index is 0.0203. The van der Waals surface area contributed by atoms with E-state index in [4.69, 9.17) is 55.9 Å². The van der Waals surface area contributed by atoms with Crippen molar-refractivity contribution in [2.75, 3.05) is 0 Å². The highest BCUT2D eigenvalue weighted by Crippen LogP contribution is 2.39. The molecule has 0 radical (unpaired) electrons. The molecule has 0 aliphatic rings. The van der Waals surface area contributed by atoms with E-state index >= 15 is 0 Å². The SMILES string of the molecule is Clc1cccc(Cl)c1Oc1nc(Oc2c(Cl)cccc2Cl)c2ccccc2n1. The summed E-state index contributed by atoms with van der Waals surface area (Å²) in [5.41, 5.74) is 0.605. The number of hydrogen-bond acceptors (Lipinski definition) is 4. The van der Waals surface area contributed by atoms with Gasteiger partial charge in [0.1, 0.15) is 0 Å². The fraction of sp³-hybridized carbons (Fsp3) is 0. The molecule has 0 aliphatic carbocycles. The van der Waals surface area contributed by atoms with Crippen LogP contribution < -0.4 is 9.47 Å². The monoisotopic (exact) mass is 450 g/mol. The Morgan fingerprint density at radius 3 is 1.71 bits per heavy atom. The molecule has 3 aromatic carbocycles. The Hall–Kier alpha value is -2.24. The minimum atomic E-state index is 0.0203. The molecule has 8 heteroatoms. The molecule has 28 heavy (non-hydrogen) atoms. The molecule has 0 N–H and O–H groups in total. The van der Waals surface area contributed by atoms with Gasteiger partial charge in [0, 0.05) is 0 Å². The molecule has 0 atom stereocenters. The summed E-state index contributed by atoms with van der Waals surface area (Å²) in [4.78, 5) is 8.77. The highest BCUT2D eigenvalue weighted by Gasteiger charge is 2.16. The molecule has 0 fully saturated rings. The molecular weight excluding hydrogens is 442 g/mol. The van der Waals surface area contributed by atoms with Crippen molar-refractivity contribution in [1.29, 1.82) is 0 Å². The van der Waals surface area contributed by atoms with Gasteiger partial charge in [-0.1, -0.05) is 70.7 Å². The summed E-state index contributed by atoms with van der Waals surface area (Å²) >= 11 is 24.8. The third-order valence-electron chi connectivity index (χ3n) is 3.78. The van der Waals surface area contributed by atoms with Crippen LogP contribution in [0.25, 0.3) is 10.9 Å². The Bertz CT molecular complexity index is 1140. The maximum absolute atomic E-state index is 6.22. The van der Waals surface area contributed by atoms with Crippen LogP contribution in [-0.4, -0.2) is 9.97 Å². The van der Waals surface area contributed by atoms with Crippen molar-refractivity contribution >= 4 is 57.3 Å². The Morgan fingerprint density at radius 1 is 0.571 bits per heavy atom. The molecule has 0 amide bonds. The van der Waals surface area contributed by atoms with Crippen molar-refractivity contribution in [1.82, 2.24) is 9.97 Å². The maximum Gasteiger partial charge on any atom is 0.326 e. The van der Waals surface area contributed by atoms with Crippen LogP contribution >= 0.6 is 46.4 Å². The van der Waals surface area contributed by atoms with Crippen molar-refractivity contribution in [3.05, 3.63) is 80.8 Å². The summed E-state index contributed by atoms with van der Waals surface area (Å²) in [5.74, 6) is 0.776. The van der Waals surface area contributed by atoms with Crippen LogP contribution in [0, 0.1) is 0 Å². The number of benzene rings is 3. The molecule has 0 bridgehead atoms. The van der Waals surface area contributed by atoms with Gasteiger partial charge in [0.05, 0.1) is 31.0 Å². The van der Waals surface area contributed by atoms with Gasteiger partial charge in [-0.05, 0) is 36.4 Å². The zero-order valence-electron chi connectivity index (χ0n) is 14.0. The Labute approximate surface area is 180 Å². The van der Waals surface area contributed by atoms with Gasteiger partial charge in [-0.25, -0.2) is 0 Å². The average molecular weight is 452 g/mol. The lowest BCUT2D eigenvalue weighted by Crippen LogP contribution is -1.98. The largest absolute Gasteiger partial charge is 0.435 e. The second-order valence-corrected chi connectivity index (χ2v) is 7.26. The van der Waals surface area contributed by atoms with Crippen molar-refractivity contribution < 1.29 is 9.47 Å². The first-order valence-corrected chi connectivity index (χ1v) is 9.54. The zero-order chi connectivity index (χ0) is 19.7. The first kappa shape index (κ1) is 19.1. The summed E-state index contributed by atoms with van der Waals surface area (Å²) in [6, 6.07) is 17.4. The summed E-state index contributed by atoms with van der Waals surface area (Å²) < 4.78 is 11.7. The molecular formula is C20H10Cl4N2O2. The molecule has 4 nitrogen and oxygen atoms in total. The predicted octanol–water partition coefficient (Wildman–Crippen LogP) is 7.83. The number of fused-ring (bicyclic) bond motifs is 1. The lowest BCUT2D eigenvalue weighted by atomic mass is 10.2. The molecule has 140 valence electrons. The number of para-hydroxylation sites is 3. The maximum atomic E-state index is 6.22. The Morgan fingerprint density at radius 2 is 1.11 bits per heavy atom. The number of nitrogens with zero attached hydrogens (tertiary/aromatic N) is 2. The average Bonchev–Trinajstić information content (AvgIpc) is 2.68. The van der Waals surface area contributed by atoms with Crippen molar-refractivity contribution in [2.24, 2.45) is 0 Å². The van der Waals surface area contributed by atoms with E-state index in [0.717, 1.165) is 0 Å². The van der Waals surface area contributed by atoms with Gasteiger partial charge in [0.15, 0.2) is 11.5 Å². The standard InChI is InChI=1S/C20H10Cl4N2O2/c21-12-6-3-7-13(22)17(12)27-19-11-5-1-2-10-16(11)25-20(26-19)28-18-14(23)8-4-9-15(18)24/h1-10H. The number of aromatic nitrogens is 2. The number of ether oxygens (including phenoxy) is 2. The lowest BCUT2D eigenvalue weighted by Gasteiger charge is -2.13. The smallest absolute Gasteiger partial charge is 0.326 e. The van der Waals surface area contributed by atoms with Crippen LogP contribution in [0.5, 0.6) is 23.4 Å². The molecule has 0 aliphatic heterocycles. The van der Waals surface area contributed by atoms with Gasteiger partial charge in [-0.2, -0.15) is 9.97 Å². The van der Waals surface area contributed by atoms with Crippen molar-refractivity contribution in [3.8, 4) is 23.4 Å². The van der Waals surface area contributed by atoms with Crippen LogP contribution in [0.3, 0.4) is 0 Å².